The van der Waals surface area contributed by atoms with Crippen LogP contribution in [0, 0.1) is 0 Å². The highest BCUT2D eigenvalue weighted by Gasteiger charge is 2.27. The fourth-order valence-electron chi connectivity index (χ4n) is 4.75. The summed E-state index contributed by atoms with van der Waals surface area (Å²) in [7, 11) is 2.14. The Morgan fingerprint density at radius 2 is 1.82 bits per heavy atom. The maximum Gasteiger partial charge on any atom is 0.146 e. The lowest BCUT2D eigenvalue weighted by molar-refractivity contribution is 0.183. The van der Waals surface area contributed by atoms with Gasteiger partial charge in [-0.05, 0) is 57.5 Å². The molecule has 0 unspecified atom stereocenters. The summed E-state index contributed by atoms with van der Waals surface area (Å²) < 4.78 is 8.28. The quantitative estimate of drug-likeness (QED) is 0.679. The highest BCUT2D eigenvalue weighted by molar-refractivity contribution is 5.77. The average Bonchev–Trinajstić information content (AvgIpc) is 3.43. The second kappa shape index (κ2) is 7.68. The van der Waals surface area contributed by atoms with Gasteiger partial charge in [-0.25, -0.2) is 0 Å². The van der Waals surface area contributed by atoms with Gasteiger partial charge < -0.3 is 8.98 Å². The second-order valence-electron chi connectivity index (χ2n) is 8.34. The number of aromatic nitrogens is 3. The highest BCUT2D eigenvalue weighted by Crippen LogP contribution is 2.28. The Balaban J connectivity index is 1.27. The molecule has 2 aliphatic rings. The zero-order valence-corrected chi connectivity index (χ0v) is 16.7. The molecule has 0 bridgehead atoms. The molecule has 2 saturated heterocycles. The van der Waals surface area contributed by atoms with E-state index in [0.29, 0.717) is 5.92 Å². The van der Waals surface area contributed by atoms with Crippen molar-refractivity contribution >= 4 is 11.0 Å². The highest BCUT2D eigenvalue weighted by atomic mass is 16.3. The summed E-state index contributed by atoms with van der Waals surface area (Å²) in [6.07, 6.45) is 5.00. The number of nitrogens with zero attached hydrogens (tertiary/aromatic N) is 5. The Labute approximate surface area is 166 Å². The van der Waals surface area contributed by atoms with Crippen molar-refractivity contribution in [3.63, 3.8) is 0 Å². The minimum Gasteiger partial charge on any atom is -0.460 e. The van der Waals surface area contributed by atoms with E-state index in [2.05, 4.69) is 49.8 Å². The number of rotatable bonds is 5. The van der Waals surface area contributed by atoms with Crippen molar-refractivity contribution in [3.8, 4) is 0 Å². The predicted octanol–water partition coefficient (Wildman–Crippen LogP) is 3.54. The van der Waals surface area contributed by atoms with Crippen LogP contribution in [0.15, 0.2) is 34.7 Å². The van der Waals surface area contributed by atoms with Crippen molar-refractivity contribution in [2.45, 2.75) is 44.7 Å². The summed E-state index contributed by atoms with van der Waals surface area (Å²) in [4.78, 5) is 4.99. The Bertz CT molecular complexity index is 906. The summed E-state index contributed by atoms with van der Waals surface area (Å²) in [6.45, 7) is 6.31. The number of benzene rings is 1. The maximum atomic E-state index is 6.03. The van der Waals surface area contributed by atoms with Crippen LogP contribution in [0.1, 0.15) is 49.0 Å². The monoisotopic (exact) mass is 379 g/mol. The first kappa shape index (κ1) is 17.9. The molecule has 148 valence electrons. The fraction of sp³-hybridized carbons (Fsp3) is 0.545. The van der Waals surface area contributed by atoms with Crippen LogP contribution in [0.5, 0.6) is 0 Å². The van der Waals surface area contributed by atoms with Gasteiger partial charge in [0.05, 0.1) is 13.1 Å². The summed E-state index contributed by atoms with van der Waals surface area (Å²) in [5.41, 5.74) is 0.978. The number of fused-ring (bicyclic) bond motifs is 1. The number of furan rings is 1. The van der Waals surface area contributed by atoms with Gasteiger partial charge in [-0.15, -0.1) is 10.2 Å². The van der Waals surface area contributed by atoms with Crippen LogP contribution in [0.4, 0.5) is 0 Å². The van der Waals surface area contributed by atoms with E-state index in [4.69, 9.17) is 4.42 Å². The molecule has 0 amide bonds. The number of hydrogen-bond acceptors (Lipinski definition) is 5. The van der Waals surface area contributed by atoms with Crippen LogP contribution in [0.25, 0.3) is 11.0 Å². The zero-order valence-electron chi connectivity index (χ0n) is 16.7. The number of hydrogen-bond donors (Lipinski definition) is 0. The first-order valence-electron chi connectivity index (χ1n) is 10.6. The topological polar surface area (TPSA) is 50.3 Å². The van der Waals surface area contributed by atoms with E-state index in [-0.39, 0.29) is 0 Å². The van der Waals surface area contributed by atoms with Crippen molar-refractivity contribution < 1.29 is 4.42 Å². The van der Waals surface area contributed by atoms with Crippen molar-refractivity contribution in [1.29, 1.82) is 0 Å². The molecule has 0 spiro atoms. The van der Waals surface area contributed by atoms with Crippen LogP contribution in [-0.2, 0) is 20.1 Å². The first-order chi connectivity index (χ1) is 13.8. The van der Waals surface area contributed by atoms with Gasteiger partial charge in [0.25, 0.3) is 0 Å². The zero-order chi connectivity index (χ0) is 18.9. The predicted molar refractivity (Wildman–Crippen MR) is 109 cm³/mol. The van der Waals surface area contributed by atoms with Crippen LogP contribution in [0.3, 0.4) is 0 Å². The maximum absolute atomic E-state index is 6.03. The van der Waals surface area contributed by atoms with E-state index >= 15 is 0 Å². The van der Waals surface area contributed by atoms with Crippen molar-refractivity contribution in [1.82, 2.24) is 24.6 Å². The van der Waals surface area contributed by atoms with Gasteiger partial charge in [0.15, 0.2) is 0 Å². The molecule has 1 aromatic carbocycles. The third kappa shape index (κ3) is 3.59. The molecule has 3 aromatic rings. The standard InChI is InChI=1S/C22H29N5O/c1-25-21(16-26-10-4-5-11-26)23-24-22(25)18-8-6-12-27(14-18)15-19-13-17-7-2-3-9-20(17)28-19/h2-3,7,9,13,18H,4-6,8,10-12,14-16H2,1H3/t18-/m0/s1. The summed E-state index contributed by atoms with van der Waals surface area (Å²) in [6, 6.07) is 10.4. The molecular weight excluding hydrogens is 350 g/mol. The van der Waals surface area contributed by atoms with Crippen LogP contribution in [0.2, 0.25) is 0 Å². The molecule has 0 aliphatic carbocycles. The van der Waals surface area contributed by atoms with E-state index in [1.807, 2.05) is 12.1 Å². The number of likely N-dealkylation sites (tertiary alicyclic amines) is 2. The van der Waals surface area contributed by atoms with E-state index in [1.54, 1.807) is 0 Å². The normalized spacial score (nSPS) is 21.7. The van der Waals surface area contributed by atoms with Gasteiger partial charge in [0.2, 0.25) is 0 Å². The van der Waals surface area contributed by atoms with Gasteiger partial charge >= 0.3 is 0 Å². The van der Waals surface area contributed by atoms with Crippen molar-refractivity contribution in [2.24, 2.45) is 7.05 Å². The van der Waals surface area contributed by atoms with Gasteiger partial charge in [0, 0.05) is 24.9 Å². The molecule has 0 N–H and O–H groups in total. The molecular formula is C22H29N5O. The summed E-state index contributed by atoms with van der Waals surface area (Å²) in [5, 5.41) is 10.3. The Kier molecular flexibility index (Phi) is 4.91. The van der Waals surface area contributed by atoms with Crippen molar-refractivity contribution in [3.05, 3.63) is 47.7 Å². The van der Waals surface area contributed by atoms with Crippen LogP contribution < -0.4 is 0 Å². The number of para-hydroxylation sites is 1. The molecule has 6 heteroatoms. The minimum absolute atomic E-state index is 0.447. The molecule has 0 radical (unpaired) electrons. The Morgan fingerprint density at radius 3 is 2.68 bits per heavy atom. The summed E-state index contributed by atoms with van der Waals surface area (Å²) in [5.74, 6) is 3.74. The lowest BCUT2D eigenvalue weighted by Crippen LogP contribution is -2.34. The Hall–Kier alpha value is -2.18. The van der Waals surface area contributed by atoms with Crippen molar-refractivity contribution in [2.75, 3.05) is 26.2 Å². The largest absolute Gasteiger partial charge is 0.460 e. The molecule has 28 heavy (non-hydrogen) atoms. The number of piperidine rings is 1. The molecule has 4 heterocycles. The minimum atomic E-state index is 0.447. The lowest BCUT2D eigenvalue weighted by Gasteiger charge is -2.31. The lowest BCUT2D eigenvalue weighted by atomic mass is 9.97. The molecule has 5 rings (SSSR count). The van der Waals surface area contributed by atoms with Gasteiger partial charge in [-0.2, -0.15) is 0 Å². The third-order valence-corrected chi connectivity index (χ3v) is 6.29. The van der Waals surface area contributed by atoms with Crippen LogP contribution in [-0.4, -0.2) is 50.7 Å². The van der Waals surface area contributed by atoms with Crippen LogP contribution >= 0.6 is 0 Å². The van der Waals surface area contributed by atoms with E-state index in [1.165, 1.54) is 44.2 Å². The first-order valence-corrected chi connectivity index (χ1v) is 10.6. The molecule has 0 saturated carbocycles. The SMILES string of the molecule is Cn1c(CN2CCCC2)nnc1[C@H]1CCCN(Cc2cc3ccccc3o2)C1. The second-order valence-corrected chi connectivity index (χ2v) is 8.34. The average molecular weight is 380 g/mol. The van der Waals surface area contributed by atoms with Gasteiger partial charge in [-0.1, -0.05) is 18.2 Å². The molecule has 2 aliphatic heterocycles. The fourth-order valence-corrected chi connectivity index (χ4v) is 4.75. The van der Waals surface area contributed by atoms with Gasteiger partial charge in [0.1, 0.15) is 23.0 Å². The molecule has 2 aromatic heterocycles. The van der Waals surface area contributed by atoms with Gasteiger partial charge in [-0.3, -0.25) is 9.80 Å². The molecule has 1 atom stereocenters. The summed E-state index contributed by atoms with van der Waals surface area (Å²) >= 11 is 0. The van der Waals surface area contributed by atoms with E-state index < -0.39 is 0 Å². The van der Waals surface area contributed by atoms with E-state index in [0.717, 1.165) is 49.2 Å². The van der Waals surface area contributed by atoms with E-state index in [9.17, 15) is 0 Å². The third-order valence-electron chi connectivity index (χ3n) is 6.29. The molecule has 6 nitrogen and oxygen atoms in total. The molecule has 2 fully saturated rings. The smallest absolute Gasteiger partial charge is 0.146 e. The Morgan fingerprint density at radius 1 is 1.00 bits per heavy atom.